The number of anilines is 1. The molecule has 0 aliphatic rings. The van der Waals surface area contributed by atoms with Crippen LogP contribution in [0.1, 0.15) is 17.5 Å². The first-order valence-corrected chi connectivity index (χ1v) is 7.67. The van der Waals surface area contributed by atoms with Gasteiger partial charge in [0.2, 0.25) is 5.91 Å². The van der Waals surface area contributed by atoms with E-state index in [2.05, 4.69) is 5.32 Å². The largest absolute Gasteiger partial charge is 0.481 e. The summed E-state index contributed by atoms with van der Waals surface area (Å²) in [4.78, 5) is 23.6. The lowest BCUT2D eigenvalue weighted by molar-refractivity contribution is -0.140. The molecular formula is C18H18ClNO3. The minimum absolute atomic E-state index is 0.222. The van der Waals surface area contributed by atoms with Crippen LogP contribution in [0.15, 0.2) is 48.5 Å². The Morgan fingerprint density at radius 1 is 1.13 bits per heavy atom. The predicted molar refractivity (Wildman–Crippen MR) is 90.7 cm³/mol. The maximum Gasteiger partial charge on any atom is 0.304 e. The number of carboxylic acid groups (broad SMARTS) is 1. The summed E-state index contributed by atoms with van der Waals surface area (Å²) >= 11 is 6.05. The average Bonchev–Trinajstić information content (AvgIpc) is 2.52. The van der Waals surface area contributed by atoms with Crippen molar-refractivity contribution in [1.29, 1.82) is 0 Å². The number of carbonyl (C=O) groups excluding carboxylic acids is 1. The fourth-order valence-corrected chi connectivity index (χ4v) is 2.52. The lowest BCUT2D eigenvalue weighted by atomic mass is 9.95. The Hall–Kier alpha value is -2.33. The number of benzene rings is 2. The van der Waals surface area contributed by atoms with E-state index in [1.54, 1.807) is 25.1 Å². The fraction of sp³-hybridized carbons (Fsp3) is 0.222. The molecular weight excluding hydrogens is 314 g/mol. The van der Waals surface area contributed by atoms with Gasteiger partial charge in [0.15, 0.2) is 0 Å². The molecule has 0 aliphatic carbocycles. The highest BCUT2D eigenvalue weighted by Crippen LogP contribution is 2.24. The molecule has 0 aliphatic heterocycles. The van der Waals surface area contributed by atoms with Crippen molar-refractivity contribution in [2.24, 2.45) is 5.92 Å². The summed E-state index contributed by atoms with van der Waals surface area (Å²) < 4.78 is 0. The highest BCUT2D eigenvalue weighted by molar-refractivity contribution is 6.31. The Morgan fingerprint density at radius 2 is 1.83 bits per heavy atom. The van der Waals surface area contributed by atoms with Gasteiger partial charge in [0, 0.05) is 10.7 Å². The van der Waals surface area contributed by atoms with Crippen molar-refractivity contribution in [2.75, 3.05) is 5.32 Å². The van der Waals surface area contributed by atoms with Crippen molar-refractivity contribution in [1.82, 2.24) is 0 Å². The lowest BCUT2D eigenvalue weighted by Crippen LogP contribution is -2.27. The van der Waals surface area contributed by atoms with Crippen molar-refractivity contribution >= 4 is 29.2 Å². The average molecular weight is 332 g/mol. The number of carboxylic acids is 1. The number of rotatable bonds is 6. The molecule has 0 fully saturated rings. The number of hydrogen-bond donors (Lipinski definition) is 2. The van der Waals surface area contributed by atoms with Crippen LogP contribution >= 0.6 is 11.6 Å². The van der Waals surface area contributed by atoms with Crippen LogP contribution in [-0.2, 0) is 16.0 Å². The number of aliphatic carboxylic acids is 1. The first kappa shape index (κ1) is 17.0. The van der Waals surface area contributed by atoms with Gasteiger partial charge in [-0.15, -0.1) is 0 Å². The monoisotopic (exact) mass is 331 g/mol. The van der Waals surface area contributed by atoms with Crippen LogP contribution in [0.3, 0.4) is 0 Å². The smallest absolute Gasteiger partial charge is 0.304 e. The number of amides is 1. The molecule has 2 aromatic carbocycles. The quantitative estimate of drug-likeness (QED) is 0.843. The third-order valence-electron chi connectivity index (χ3n) is 3.64. The van der Waals surface area contributed by atoms with Crippen LogP contribution in [0, 0.1) is 12.8 Å². The first-order valence-electron chi connectivity index (χ1n) is 7.29. The maximum atomic E-state index is 12.5. The van der Waals surface area contributed by atoms with Crippen LogP contribution in [0.25, 0.3) is 0 Å². The molecule has 5 heteroatoms. The number of hydrogen-bond acceptors (Lipinski definition) is 2. The summed E-state index contributed by atoms with van der Waals surface area (Å²) in [6.07, 6.45) is 0.152. The van der Waals surface area contributed by atoms with E-state index in [-0.39, 0.29) is 12.3 Å². The Morgan fingerprint density at radius 3 is 2.48 bits per heavy atom. The van der Waals surface area contributed by atoms with Gasteiger partial charge in [-0.25, -0.2) is 0 Å². The second-order valence-electron chi connectivity index (χ2n) is 5.39. The van der Waals surface area contributed by atoms with E-state index in [1.165, 1.54) is 0 Å². The van der Waals surface area contributed by atoms with Crippen molar-refractivity contribution in [3.05, 3.63) is 64.7 Å². The van der Waals surface area contributed by atoms with E-state index in [9.17, 15) is 9.59 Å². The molecule has 1 amide bonds. The summed E-state index contributed by atoms with van der Waals surface area (Å²) in [5.41, 5.74) is 2.29. The molecule has 0 radical (unpaired) electrons. The van der Waals surface area contributed by atoms with Gasteiger partial charge in [-0.3, -0.25) is 9.59 Å². The Kier molecular flexibility index (Phi) is 5.77. The van der Waals surface area contributed by atoms with Crippen LogP contribution in [0.2, 0.25) is 5.02 Å². The molecule has 0 heterocycles. The van der Waals surface area contributed by atoms with Crippen molar-refractivity contribution in [3.63, 3.8) is 0 Å². The van der Waals surface area contributed by atoms with Gasteiger partial charge in [0.05, 0.1) is 12.3 Å². The SMILES string of the molecule is Cc1c(Cl)cccc1NC(=O)[C@H](CC(=O)O)Cc1ccccc1. The normalized spacial score (nSPS) is 11.7. The minimum Gasteiger partial charge on any atom is -0.481 e. The van der Waals surface area contributed by atoms with Crippen LogP contribution < -0.4 is 5.32 Å². The molecule has 23 heavy (non-hydrogen) atoms. The number of carbonyl (C=O) groups is 2. The molecule has 0 aromatic heterocycles. The Labute approximate surface area is 140 Å². The number of halogens is 1. The summed E-state index contributed by atoms with van der Waals surface area (Å²) in [6.45, 7) is 1.81. The molecule has 1 atom stereocenters. The van der Waals surface area contributed by atoms with Crippen molar-refractivity contribution in [3.8, 4) is 0 Å². The highest BCUT2D eigenvalue weighted by Gasteiger charge is 2.23. The second-order valence-corrected chi connectivity index (χ2v) is 5.79. The summed E-state index contributed by atoms with van der Waals surface area (Å²) in [5, 5.41) is 12.4. The summed E-state index contributed by atoms with van der Waals surface area (Å²) in [7, 11) is 0. The third-order valence-corrected chi connectivity index (χ3v) is 4.05. The van der Waals surface area contributed by atoms with E-state index in [0.29, 0.717) is 17.1 Å². The van der Waals surface area contributed by atoms with Gasteiger partial charge in [-0.05, 0) is 36.6 Å². The molecule has 0 spiro atoms. The maximum absolute atomic E-state index is 12.5. The Bertz CT molecular complexity index is 701. The van der Waals surface area contributed by atoms with Gasteiger partial charge in [-0.1, -0.05) is 48.0 Å². The summed E-state index contributed by atoms with van der Waals surface area (Å²) in [6, 6.07) is 14.6. The van der Waals surface area contributed by atoms with E-state index in [1.807, 2.05) is 30.3 Å². The molecule has 0 bridgehead atoms. The zero-order chi connectivity index (χ0) is 16.8. The van der Waals surface area contributed by atoms with Crippen LogP contribution in [0.5, 0.6) is 0 Å². The standard InChI is InChI=1S/C18H18ClNO3/c1-12-15(19)8-5-9-16(12)20-18(23)14(11-17(21)22)10-13-6-3-2-4-7-13/h2-9,14H,10-11H2,1H3,(H,20,23)(H,21,22)/t14-/m0/s1. The molecule has 2 aromatic rings. The van der Waals surface area contributed by atoms with Gasteiger partial charge in [0.1, 0.15) is 0 Å². The van der Waals surface area contributed by atoms with E-state index in [0.717, 1.165) is 11.1 Å². The molecule has 0 saturated carbocycles. The zero-order valence-electron chi connectivity index (χ0n) is 12.8. The Balaban J connectivity index is 2.16. The lowest BCUT2D eigenvalue weighted by Gasteiger charge is -2.16. The molecule has 2 N–H and O–H groups in total. The first-order chi connectivity index (χ1) is 11.0. The molecule has 4 nitrogen and oxygen atoms in total. The molecule has 120 valence electrons. The van der Waals surface area contributed by atoms with Crippen LogP contribution in [0.4, 0.5) is 5.69 Å². The molecule has 0 unspecified atom stereocenters. The summed E-state index contributed by atoms with van der Waals surface area (Å²) in [5.74, 6) is -1.96. The molecule has 0 saturated heterocycles. The van der Waals surface area contributed by atoms with Crippen LogP contribution in [-0.4, -0.2) is 17.0 Å². The van der Waals surface area contributed by atoms with Gasteiger partial charge >= 0.3 is 5.97 Å². The van der Waals surface area contributed by atoms with Crippen molar-refractivity contribution < 1.29 is 14.7 Å². The third kappa shape index (κ3) is 4.83. The van der Waals surface area contributed by atoms with Gasteiger partial charge < -0.3 is 10.4 Å². The van der Waals surface area contributed by atoms with Crippen molar-refractivity contribution in [2.45, 2.75) is 19.8 Å². The topological polar surface area (TPSA) is 66.4 Å². The zero-order valence-corrected chi connectivity index (χ0v) is 13.5. The predicted octanol–water partition coefficient (Wildman–Crippen LogP) is 3.92. The van der Waals surface area contributed by atoms with E-state index >= 15 is 0 Å². The van der Waals surface area contributed by atoms with E-state index in [4.69, 9.17) is 16.7 Å². The number of nitrogens with one attached hydrogen (secondary N) is 1. The minimum atomic E-state index is -0.996. The van der Waals surface area contributed by atoms with Gasteiger partial charge in [0.25, 0.3) is 0 Å². The van der Waals surface area contributed by atoms with Gasteiger partial charge in [-0.2, -0.15) is 0 Å². The fourth-order valence-electron chi connectivity index (χ4n) is 2.34. The molecule has 2 rings (SSSR count). The second kappa shape index (κ2) is 7.79. The van der Waals surface area contributed by atoms with E-state index < -0.39 is 11.9 Å². The highest BCUT2D eigenvalue weighted by atomic mass is 35.5.